The minimum atomic E-state index is -0.870. The number of para-hydroxylation sites is 1. The number of ether oxygens (including phenoxy) is 2. The molecule has 1 N–H and O–H groups in total. The molecule has 0 radical (unpaired) electrons. The van der Waals surface area contributed by atoms with Crippen LogP contribution in [0.1, 0.15) is 29.8 Å². The smallest absolute Gasteiger partial charge is 0.342 e. The van der Waals surface area contributed by atoms with Gasteiger partial charge in [0, 0.05) is 11.0 Å². The zero-order valence-electron chi connectivity index (χ0n) is 14.1. The maximum atomic E-state index is 12.4. The fraction of sp³-hybridized carbons (Fsp3) is 0.263. The third kappa shape index (κ3) is 5.60. The molecular weight excluding hydrogens is 386 g/mol. The van der Waals surface area contributed by atoms with E-state index in [2.05, 4.69) is 21.2 Å². The Kier molecular flexibility index (Phi) is 7.01. The molecule has 2 rings (SSSR count). The van der Waals surface area contributed by atoms with Gasteiger partial charge >= 0.3 is 5.97 Å². The molecule has 0 heterocycles. The van der Waals surface area contributed by atoms with Gasteiger partial charge in [0.1, 0.15) is 17.9 Å². The summed E-state index contributed by atoms with van der Waals surface area (Å²) in [4.78, 5) is 24.1. The molecular formula is C19H20BrNO4. The number of hydrogen-bond acceptors (Lipinski definition) is 4. The largest absolute Gasteiger partial charge is 0.488 e. The average molecular weight is 406 g/mol. The molecule has 6 heteroatoms. The van der Waals surface area contributed by atoms with Crippen LogP contribution in [-0.4, -0.2) is 24.5 Å². The normalized spacial score (nSPS) is 11.5. The first-order valence-corrected chi connectivity index (χ1v) is 8.75. The number of halogens is 1. The lowest BCUT2D eigenvalue weighted by Crippen LogP contribution is -2.35. The van der Waals surface area contributed by atoms with Gasteiger partial charge in [-0.25, -0.2) is 4.79 Å². The van der Waals surface area contributed by atoms with E-state index in [9.17, 15) is 9.59 Å². The summed E-state index contributed by atoms with van der Waals surface area (Å²) in [6.07, 6.45) is -0.870. The first-order chi connectivity index (χ1) is 12.0. The number of amides is 1. The minimum absolute atomic E-state index is 0.286. The van der Waals surface area contributed by atoms with Gasteiger partial charge in [0.2, 0.25) is 0 Å². The van der Waals surface area contributed by atoms with E-state index < -0.39 is 12.1 Å². The Bertz CT molecular complexity index is 748. The van der Waals surface area contributed by atoms with Crippen molar-refractivity contribution in [2.45, 2.75) is 26.6 Å². The van der Waals surface area contributed by atoms with E-state index in [0.29, 0.717) is 18.9 Å². The van der Waals surface area contributed by atoms with E-state index >= 15 is 0 Å². The second kappa shape index (κ2) is 9.22. The molecule has 0 fully saturated rings. The van der Waals surface area contributed by atoms with Gasteiger partial charge in [-0.2, -0.15) is 0 Å². The van der Waals surface area contributed by atoms with Crippen molar-refractivity contribution in [1.82, 2.24) is 5.32 Å². The summed E-state index contributed by atoms with van der Waals surface area (Å²) in [7, 11) is 0. The van der Waals surface area contributed by atoms with Crippen molar-refractivity contribution in [1.29, 1.82) is 0 Å². The summed E-state index contributed by atoms with van der Waals surface area (Å²) in [5.41, 5.74) is 1.25. The summed E-state index contributed by atoms with van der Waals surface area (Å²) < 4.78 is 11.9. The molecule has 5 nitrogen and oxygen atoms in total. The molecule has 1 amide bonds. The molecule has 1 atom stereocenters. The first kappa shape index (κ1) is 19.0. The number of rotatable bonds is 7. The standard InChI is InChI=1S/C19H20BrNO4/c1-3-21-18(22)13(2)25-19(23)16-9-4-5-10-17(16)24-12-14-7-6-8-15(20)11-14/h4-11,13H,3,12H2,1-2H3,(H,21,22)/t13-/m0/s1. The van der Waals surface area contributed by atoms with E-state index in [1.165, 1.54) is 6.92 Å². The lowest BCUT2D eigenvalue weighted by molar-refractivity contribution is -0.128. The monoisotopic (exact) mass is 405 g/mol. The molecule has 0 unspecified atom stereocenters. The quantitative estimate of drug-likeness (QED) is 0.713. The number of carbonyl (C=O) groups is 2. The van der Waals surface area contributed by atoms with Gasteiger partial charge in [-0.15, -0.1) is 0 Å². The Hall–Kier alpha value is -2.34. The predicted octanol–water partition coefficient (Wildman–Crippen LogP) is 3.71. The lowest BCUT2D eigenvalue weighted by Gasteiger charge is -2.15. The molecule has 0 saturated heterocycles. The summed E-state index contributed by atoms with van der Waals surface area (Å²) in [5, 5.41) is 2.62. The summed E-state index contributed by atoms with van der Waals surface area (Å²) >= 11 is 3.41. The van der Waals surface area contributed by atoms with Gasteiger partial charge in [-0.05, 0) is 43.7 Å². The molecule has 132 valence electrons. The van der Waals surface area contributed by atoms with Gasteiger partial charge in [0.25, 0.3) is 5.91 Å². The Morgan fingerprint density at radius 2 is 1.92 bits per heavy atom. The topological polar surface area (TPSA) is 64.6 Å². The van der Waals surface area contributed by atoms with Crippen LogP contribution in [0.5, 0.6) is 5.75 Å². The molecule has 0 bridgehead atoms. The van der Waals surface area contributed by atoms with E-state index in [1.807, 2.05) is 24.3 Å². The second-order valence-electron chi connectivity index (χ2n) is 5.36. The Morgan fingerprint density at radius 1 is 1.16 bits per heavy atom. The van der Waals surface area contributed by atoms with E-state index in [4.69, 9.17) is 9.47 Å². The second-order valence-corrected chi connectivity index (χ2v) is 6.27. The number of esters is 1. The average Bonchev–Trinajstić information content (AvgIpc) is 2.60. The van der Waals surface area contributed by atoms with Crippen LogP contribution in [0.2, 0.25) is 0 Å². The van der Waals surface area contributed by atoms with Crippen molar-refractivity contribution < 1.29 is 19.1 Å². The van der Waals surface area contributed by atoms with Crippen LogP contribution < -0.4 is 10.1 Å². The summed E-state index contributed by atoms with van der Waals surface area (Å²) in [5.74, 6) is -0.512. The van der Waals surface area contributed by atoms with Crippen LogP contribution in [0.3, 0.4) is 0 Å². The van der Waals surface area contributed by atoms with Gasteiger partial charge in [0.05, 0.1) is 0 Å². The van der Waals surface area contributed by atoms with Crippen LogP contribution >= 0.6 is 15.9 Å². The van der Waals surface area contributed by atoms with Crippen molar-refractivity contribution in [2.24, 2.45) is 0 Å². The first-order valence-electron chi connectivity index (χ1n) is 7.96. The number of likely N-dealkylation sites (N-methyl/N-ethyl adjacent to an activating group) is 1. The molecule has 0 aliphatic heterocycles. The molecule has 0 aromatic heterocycles. The fourth-order valence-corrected chi connectivity index (χ4v) is 2.59. The maximum absolute atomic E-state index is 12.4. The summed E-state index contributed by atoms with van der Waals surface area (Å²) in [6.45, 7) is 4.13. The maximum Gasteiger partial charge on any atom is 0.342 e. The van der Waals surface area contributed by atoms with Gasteiger partial charge in [-0.1, -0.05) is 40.2 Å². The third-order valence-electron chi connectivity index (χ3n) is 3.39. The lowest BCUT2D eigenvalue weighted by atomic mass is 10.2. The van der Waals surface area contributed by atoms with Crippen LogP contribution in [0.4, 0.5) is 0 Å². The molecule has 0 saturated carbocycles. The van der Waals surface area contributed by atoms with Crippen molar-refractivity contribution in [3.63, 3.8) is 0 Å². The van der Waals surface area contributed by atoms with Crippen LogP contribution in [0.25, 0.3) is 0 Å². The van der Waals surface area contributed by atoms with E-state index in [0.717, 1.165) is 10.0 Å². The number of nitrogens with one attached hydrogen (secondary N) is 1. The Balaban J connectivity index is 2.06. The van der Waals surface area contributed by atoms with Crippen molar-refractivity contribution >= 4 is 27.8 Å². The zero-order chi connectivity index (χ0) is 18.2. The summed E-state index contributed by atoms with van der Waals surface area (Å²) in [6, 6.07) is 14.5. The fourth-order valence-electron chi connectivity index (χ4n) is 2.14. The Labute approximate surface area is 155 Å². The zero-order valence-corrected chi connectivity index (χ0v) is 15.7. The molecule has 0 spiro atoms. The highest BCUT2D eigenvalue weighted by Crippen LogP contribution is 2.21. The van der Waals surface area contributed by atoms with Gasteiger partial charge < -0.3 is 14.8 Å². The molecule has 0 aliphatic rings. The van der Waals surface area contributed by atoms with Crippen molar-refractivity contribution in [2.75, 3.05) is 6.54 Å². The van der Waals surface area contributed by atoms with E-state index in [-0.39, 0.29) is 11.5 Å². The van der Waals surface area contributed by atoms with Gasteiger partial charge in [0.15, 0.2) is 6.10 Å². The van der Waals surface area contributed by atoms with Crippen molar-refractivity contribution in [3.8, 4) is 5.75 Å². The molecule has 2 aromatic carbocycles. The SMILES string of the molecule is CCNC(=O)[C@H](C)OC(=O)c1ccccc1OCc1cccc(Br)c1. The predicted molar refractivity (Wildman–Crippen MR) is 98.5 cm³/mol. The number of benzene rings is 2. The van der Waals surface area contributed by atoms with Crippen LogP contribution in [0, 0.1) is 0 Å². The number of hydrogen-bond donors (Lipinski definition) is 1. The minimum Gasteiger partial charge on any atom is -0.488 e. The number of carbonyl (C=O) groups excluding carboxylic acids is 2. The highest BCUT2D eigenvalue weighted by atomic mass is 79.9. The van der Waals surface area contributed by atoms with Gasteiger partial charge in [-0.3, -0.25) is 4.79 Å². The molecule has 0 aliphatic carbocycles. The Morgan fingerprint density at radius 3 is 2.64 bits per heavy atom. The highest BCUT2D eigenvalue weighted by molar-refractivity contribution is 9.10. The highest BCUT2D eigenvalue weighted by Gasteiger charge is 2.20. The van der Waals surface area contributed by atoms with Crippen molar-refractivity contribution in [3.05, 3.63) is 64.1 Å². The van der Waals surface area contributed by atoms with Crippen LogP contribution in [0.15, 0.2) is 53.0 Å². The molecule has 2 aromatic rings. The van der Waals surface area contributed by atoms with E-state index in [1.54, 1.807) is 31.2 Å². The van der Waals surface area contributed by atoms with Crippen LogP contribution in [-0.2, 0) is 16.1 Å². The molecule has 25 heavy (non-hydrogen) atoms. The third-order valence-corrected chi connectivity index (χ3v) is 3.89.